The predicted octanol–water partition coefficient (Wildman–Crippen LogP) is 5.02. The van der Waals surface area contributed by atoms with Gasteiger partial charge in [0.05, 0.1) is 24.2 Å². The zero-order valence-electron chi connectivity index (χ0n) is 19.6. The number of aliphatic imine (C=N–C) groups is 1. The van der Waals surface area contributed by atoms with Gasteiger partial charge in [-0.05, 0) is 38.1 Å². The van der Waals surface area contributed by atoms with E-state index in [4.69, 9.17) is 26.8 Å². The largest absolute Gasteiger partial charge is 0.424 e. The number of ether oxygens (including phenoxy) is 2. The fourth-order valence-corrected chi connectivity index (χ4v) is 3.85. The zero-order chi connectivity index (χ0) is 28.0. The number of fused-ring (bicyclic) bond motifs is 1. The third kappa shape index (κ3) is 5.07. The van der Waals surface area contributed by atoms with Crippen molar-refractivity contribution in [2.24, 2.45) is 10.7 Å². The van der Waals surface area contributed by atoms with Crippen molar-refractivity contribution in [1.82, 2.24) is 14.5 Å². The molecular formula is C22H19ClF6N6O3. The van der Waals surface area contributed by atoms with Gasteiger partial charge in [-0.1, -0.05) is 11.6 Å². The van der Waals surface area contributed by atoms with E-state index in [2.05, 4.69) is 20.3 Å². The van der Waals surface area contributed by atoms with Gasteiger partial charge in [-0.2, -0.15) is 13.2 Å². The first-order valence-electron chi connectivity index (χ1n) is 10.8. The van der Waals surface area contributed by atoms with Crippen LogP contribution in [0.15, 0.2) is 35.5 Å². The van der Waals surface area contributed by atoms with E-state index in [1.807, 2.05) is 0 Å². The summed E-state index contributed by atoms with van der Waals surface area (Å²) >= 11 is 6.10. The zero-order valence-corrected chi connectivity index (χ0v) is 20.4. The van der Waals surface area contributed by atoms with Crippen LogP contribution in [0, 0.1) is 5.82 Å². The maximum Gasteiger partial charge on any atom is 0.424 e. The Balaban J connectivity index is 1.55. The molecule has 0 fully saturated rings. The first-order chi connectivity index (χ1) is 17.6. The lowest BCUT2D eigenvalue weighted by atomic mass is 9.93. The lowest BCUT2D eigenvalue weighted by Gasteiger charge is -2.40. The SMILES string of the molecule is C[C@@]1(c2nc(NC(=O)Oc3nc4ccn(CC(F)F)c4cc3Cl)ccc2F)CO[C@@](C)(C(F)(F)F)C(N)=N1. The molecule has 0 bridgehead atoms. The van der Waals surface area contributed by atoms with Gasteiger partial charge in [0.1, 0.15) is 33.7 Å². The fourth-order valence-electron chi connectivity index (χ4n) is 3.67. The maximum absolute atomic E-state index is 14.6. The Morgan fingerprint density at radius 3 is 2.63 bits per heavy atom. The number of alkyl halides is 5. The predicted molar refractivity (Wildman–Crippen MR) is 124 cm³/mol. The molecule has 3 aromatic heterocycles. The van der Waals surface area contributed by atoms with Crippen molar-refractivity contribution < 1.29 is 40.6 Å². The minimum absolute atomic E-state index is 0.154. The number of amides is 1. The molecule has 0 spiro atoms. The van der Waals surface area contributed by atoms with Gasteiger partial charge >= 0.3 is 12.3 Å². The normalized spacial score (nSPS) is 22.0. The average molecular weight is 565 g/mol. The molecular weight excluding hydrogens is 546 g/mol. The molecule has 0 saturated carbocycles. The van der Waals surface area contributed by atoms with Crippen molar-refractivity contribution in [2.45, 2.75) is 44.1 Å². The van der Waals surface area contributed by atoms with Crippen LogP contribution in [0.4, 0.5) is 37.0 Å². The summed E-state index contributed by atoms with van der Waals surface area (Å²) in [5, 5.41) is 2.08. The number of hydrogen-bond acceptors (Lipinski definition) is 7. The fraction of sp³-hybridized carbons (Fsp3) is 0.364. The van der Waals surface area contributed by atoms with Crippen LogP contribution in [-0.4, -0.2) is 51.3 Å². The summed E-state index contributed by atoms with van der Waals surface area (Å²) in [6.07, 6.45) is -7.26. The highest BCUT2D eigenvalue weighted by Crippen LogP contribution is 2.41. The van der Waals surface area contributed by atoms with Crippen molar-refractivity contribution in [3.63, 3.8) is 0 Å². The van der Waals surface area contributed by atoms with Crippen LogP contribution < -0.4 is 15.8 Å². The Kier molecular flexibility index (Phi) is 6.95. The third-order valence-electron chi connectivity index (χ3n) is 5.82. The summed E-state index contributed by atoms with van der Waals surface area (Å²) in [7, 11) is 0. The average Bonchev–Trinajstić information content (AvgIpc) is 3.18. The first kappa shape index (κ1) is 27.4. The van der Waals surface area contributed by atoms with Crippen LogP contribution in [0.3, 0.4) is 0 Å². The molecule has 1 aliphatic rings. The van der Waals surface area contributed by atoms with E-state index in [1.54, 1.807) is 0 Å². The number of carbonyl (C=O) groups excluding carboxylic acids is 1. The van der Waals surface area contributed by atoms with Crippen molar-refractivity contribution in [1.29, 1.82) is 0 Å². The number of anilines is 1. The number of halogens is 7. The van der Waals surface area contributed by atoms with Crippen molar-refractivity contribution in [3.8, 4) is 5.88 Å². The van der Waals surface area contributed by atoms with Gasteiger partial charge in [0, 0.05) is 6.20 Å². The number of nitrogens with zero attached hydrogens (tertiary/aromatic N) is 4. The molecule has 38 heavy (non-hydrogen) atoms. The number of amidine groups is 1. The molecule has 16 heteroatoms. The molecule has 3 aromatic rings. The summed E-state index contributed by atoms with van der Waals surface area (Å²) in [5.74, 6) is -2.45. The van der Waals surface area contributed by atoms with Gasteiger partial charge in [0.25, 0.3) is 6.43 Å². The number of rotatable bonds is 5. The van der Waals surface area contributed by atoms with Crippen molar-refractivity contribution in [2.75, 3.05) is 11.9 Å². The highest BCUT2D eigenvalue weighted by molar-refractivity contribution is 6.32. The van der Waals surface area contributed by atoms with E-state index in [0.717, 1.165) is 12.1 Å². The lowest BCUT2D eigenvalue weighted by Crippen LogP contribution is -2.60. The van der Waals surface area contributed by atoms with E-state index in [-0.39, 0.29) is 27.8 Å². The Morgan fingerprint density at radius 1 is 1.29 bits per heavy atom. The van der Waals surface area contributed by atoms with E-state index >= 15 is 0 Å². The standard InChI is InChI=1S/C22H19ClF6N6O3/c1-20(9-37-21(2,18(30)34-20)22(27,28)29)16-11(24)3-4-15(32-16)33-19(36)38-17-10(23)7-13-12(31-17)5-6-35(13)8-14(25)26/h3-7,14H,8-9H2,1-2H3,(H2,30,34)(H,32,33,36)/t20-,21+/m0/s1. The molecule has 0 aromatic carbocycles. The quantitative estimate of drug-likeness (QED) is 0.420. The van der Waals surface area contributed by atoms with Crippen LogP contribution in [-0.2, 0) is 16.8 Å². The molecule has 4 rings (SSSR count). The van der Waals surface area contributed by atoms with E-state index in [9.17, 15) is 31.1 Å². The van der Waals surface area contributed by atoms with E-state index in [1.165, 1.54) is 29.8 Å². The molecule has 204 valence electrons. The van der Waals surface area contributed by atoms with Gasteiger partial charge in [-0.15, -0.1) is 0 Å². The minimum atomic E-state index is -4.87. The van der Waals surface area contributed by atoms with Crippen molar-refractivity contribution in [3.05, 3.63) is 47.0 Å². The van der Waals surface area contributed by atoms with Gasteiger partial charge in [0.15, 0.2) is 0 Å². The number of hydrogen-bond donors (Lipinski definition) is 2. The second-order valence-electron chi connectivity index (χ2n) is 8.67. The second kappa shape index (κ2) is 9.62. The summed E-state index contributed by atoms with van der Waals surface area (Å²) in [6, 6.07) is 4.71. The molecule has 3 N–H and O–H groups in total. The minimum Gasteiger partial charge on any atom is -0.389 e. The van der Waals surface area contributed by atoms with Crippen LogP contribution in [0.25, 0.3) is 11.0 Å². The highest BCUT2D eigenvalue weighted by Gasteiger charge is 2.59. The molecule has 0 radical (unpaired) electrons. The number of aromatic nitrogens is 3. The molecule has 1 amide bonds. The van der Waals surface area contributed by atoms with Crippen LogP contribution in [0.1, 0.15) is 19.5 Å². The number of carbonyl (C=O) groups is 1. The number of nitrogens with one attached hydrogen (secondary N) is 1. The maximum atomic E-state index is 14.6. The van der Waals surface area contributed by atoms with Crippen LogP contribution in [0.5, 0.6) is 5.88 Å². The van der Waals surface area contributed by atoms with Crippen LogP contribution in [0.2, 0.25) is 5.02 Å². The first-order valence-corrected chi connectivity index (χ1v) is 11.2. The Hall–Kier alpha value is -3.59. The number of pyridine rings is 2. The Bertz CT molecular complexity index is 1430. The molecule has 1 aliphatic heterocycles. The van der Waals surface area contributed by atoms with Gasteiger partial charge in [-0.3, -0.25) is 10.3 Å². The topological polar surface area (TPSA) is 117 Å². The lowest BCUT2D eigenvalue weighted by molar-refractivity contribution is -0.249. The molecule has 4 heterocycles. The Labute approximate surface area is 215 Å². The van der Waals surface area contributed by atoms with Crippen LogP contribution >= 0.6 is 11.6 Å². The molecule has 2 atom stereocenters. The summed E-state index contributed by atoms with van der Waals surface area (Å²) in [6.45, 7) is 0.665. The third-order valence-corrected chi connectivity index (χ3v) is 6.09. The molecule has 0 unspecified atom stereocenters. The van der Waals surface area contributed by atoms with E-state index < -0.39 is 60.3 Å². The summed E-state index contributed by atoms with van der Waals surface area (Å²) < 4.78 is 91.5. The molecule has 0 saturated heterocycles. The molecule has 0 aliphatic carbocycles. The monoisotopic (exact) mass is 564 g/mol. The second-order valence-corrected chi connectivity index (χ2v) is 9.08. The van der Waals surface area contributed by atoms with E-state index in [0.29, 0.717) is 6.92 Å². The van der Waals surface area contributed by atoms with Gasteiger partial charge in [-0.25, -0.2) is 27.9 Å². The van der Waals surface area contributed by atoms with Crippen molar-refractivity contribution >= 4 is 40.4 Å². The van der Waals surface area contributed by atoms with Gasteiger partial charge < -0.3 is 19.8 Å². The summed E-state index contributed by atoms with van der Waals surface area (Å²) in [4.78, 5) is 24.3. The smallest absolute Gasteiger partial charge is 0.389 e. The Morgan fingerprint density at radius 2 is 2.00 bits per heavy atom. The number of nitrogens with two attached hydrogens (primary N) is 1. The summed E-state index contributed by atoms with van der Waals surface area (Å²) in [5.41, 5.74) is 1.01. The highest BCUT2D eigenvalue weighted by atomic mass is 35.5. The van der Waals surface area contributed by atoms with Gasteiger partial charge in [0.2, 0.25) is 11.5 Å². The molecule has 9 nitrogen and oxygen atoms in total.